The van der Waals surface area contributed by atoms with Crippen LogP contribution < -0.4 is 5.73 Å². The molecule has 0 amide bonds. The second-order valence-electron chi connectivity index (χ2n) is 3.34. The third-order valence-corrected chi connectivity index (χ3v) is 2.14. The minimum atomic E-state index is -0.0728. The van der Waals surface area contributed by atoms with E-state index in [1.807, 2.05) is 0 Å². The summed E-state index contributed by atoms with van der Waals surface area (Å²) in [6.07, 6.45) is 4.68. The summed E-state index contributed by atoms with van der Waals surface area (Å²) in [7, 11) is 0. The summed E-state index contributed by atoms with van der Waals surface area (Å²) >= 11 is 0. The molecule has 0 radical (unpaired) electrons. The summed E-state index contributed by atoms with van der Waals surface area (Å²) in [5.74, 6) is 0.584. The zero-order valence-electron chi connectivity index (χ0n) is 8.59. The number of nitrogen functional groups attached to an aromatic ring is 1. The highest BCUT2D eigenvalue weighted by Gasteiger charge is 2.00. The highest BCUT2D eigenvalue weighted by Crippen LogP contribution is 2.08. The fraction of sp³-hybridized carbons (Fsp3) is 0. The Morgan fingerprint density at radius 1 is 1.19 bits per heavy atom. The fourth-order valence-electron chi connectivity index (χ4n) is 1.29. The maximum absolute atomic E-state index is 11.7. The molecule has 0 aliphatic heterocycles. The highest BCUT2D eigenvalue weighted by atomic mass is 16.3. The van der Waals surface area contributed by atoms with Crippen molar-refractivity contribution >= 4 is 17.5 Å². The molecule has 0 fully saturated rings. The quantitative estimate of drug-likeness (QED) is 0.484. The molecule has 0 saturated carbocycles. The molecule has 80 valence electrons. The van der Waals surface area contributed by atoms with E-state index in [9.17, 15) is 4.79 Å². The molecule has 1 heterocycles. The average molecular weight is 213 g/mol. The standard InChI is InChI=1S/C13H11NO2/c14-11-5-3-10(4-6-11)13(15)8-7-12-2-1-9-16-12/h1-9H,14H2. The molecule has 3 nitrogen and oxygen atoms in total. The Morgan fingerprint density at radius 3 is 2.56 bits per heavy atom. The smallest absolute Gasteiger partial charge is 0.185 e. The first-order valence-electron chi connectivity index (χ1n) is 4.87. The van der Waals surface area contributed by atoms with Crippen molar-refractivity contribution in [2.75, 3.05) is 5.73 Å². The molecule has 0 atom stereocenters. The maximum Gasteiger partial charge on any atom is 0.185 e. The van der Waals surface area contributed by atoms with Crippen LogP contribution in [-0.4, -0.2) is 5.78 Å². The van der Waals surface area contributed by atoms with Crippen molar-refractivity contribution in [3.05, 3.63) is 60.1 Å². The van der Waals surface area contributed by atoms with Gasteiger partial charge in [0, 0.05) is 11.3 Å². The number of ketones is 1. The van der Waals surface area contributed by atoms with E-state index in [0.717, 1.165) is 0 Å². The van der Waals surface area contributed by atoms with Gasteiger partial charge in [-0.3, -0.25) is 4.79 Å². The average Bonchev–Trinajstić information content (AvgIpc) is 2.80. The largest absolute Gasteiger partial charge is 0.465 e. The molecular formula is C13H11NO2. The zero-order valence-corrected chi connectivity index (χ0v) is 8.59. The monoisotopic (exact) mass is 213 g/mol. The van der Waals surface area contributed by atoms with E-state index in [1.54, 1.807) is 48.7 Å². The van der Waals surface area contributed by atoms with Crippen LogP contribution in [0.1, 0.15) is 16.1 Å². The Balaban J connectivity index is 2.11. The third kappa shape index (κ3) is 2.39. The van der Waals surface area contributed by atoms with E-state index in [-0.39, 0.29) is 5.78 Å². The normalized spacial score (nSPS) is 10.8. The number of allylic oxidation sites excluding steroid dienone is 1. The Morgan fingerprint density at radius 2 is 1.94 bits per heavy atom. The van der Waals surface area contributed by atoms with Crippen LogP contribution in [0.15, 0.2) is 53.2 Å². The minimum absolute atomic E-state index is 0.0728. The van der Waals surface area contributed by atoms with Gasteiger partial charge >= 0.3 is 0 Å². The number of hydrogen-bond donors (Lipinski definition) is 1. The van der Waals surface area contributed by atoms with Gasteiger partial charge in [0.1, 0.15) is 5.76 Å². The first-order valence-corrected chi connectivity index (χ1v) is 4.87. The van der Waals surface area contributed by atoms with Crippen molar-refractivity contribution in [2.45, 2.75) is 0 Å². The number of furan rings is 1. The Labute approximate surface area is 93.2 Å². The topological polar surface area (TPSA) is 56.2 Å². The molecule has 2 rings (SSSR count). The summed E-state index contributed by atoms with van der Waals surface area (Å²) in [4.78, 5) is 11.7. The van der Waals surface area contributed by atoms with E-state index >= 15 is 0 Å². The molecule has 2 N–H and O–H groups in total. The fourth-order valence-corrected chi connectivity index (χ4v) is 1.29. The number of carbonyl (C=O) groups is 1. The lowest BCUT2D eigenvalue weighted by Crippen LogP contribution is -1.94. The lowest BCUT2D eigenvalue weighted by molar-refractivity contribution is 0.104. The van der Waals surface area contributed by atoms with Crippen molar-refractivity contribution in [2.24, 2.45) is 0 Å². The Kier molecular flexibility index (Phi) is 2.87. The number of benzene rings is 1. The highest BCUT2D eigenvalue weighted by molar-refractivity contribution is 6.06. The van der Waals surface area contributed by atoms with Gasteiger partial charge in [0.05, 0.1) is 6.26 Å². The first-order chi connectivity index (χ1) is 7.75. The Hall–Kier alpha value is -2.29. The molecule has 0 bridgehead atoms. The van der Waals surface area contributed by atoms with Gasteiger partial charge in [0.2, 0.25) is 0 Å². The molecule has 2 aromatic rings. The molecule has 0 spiro atoms. The molecule has 3 heteroatoms. The van der Waals surface area contributed by atoms with Gasteiger partial charge in [-0.2, -0.15) is 0 Å². The number of rotatable bonds is 3. The van der Waals surface area contributed by atoms with Gasteiger partial charge in [-0.05, 0) is 48.6 Å². The molecule has 0 saturated heterocycles. The van der Waals surface area contributed by atoms with E-state index in [4.69, 9.17) is 10.2 Å². The van der Waals surface area contributed by atoms with Crippen molar-refractivity contribution in [1.29, 1.82) is 0 Å². The summed E-state index contributed by atoms with van der Waals surface area (Å²) in [6, 6.07) is 10.4. The van der Waals surface area contributed by atoms with Gasteiger partial charge in [0.25, 0.3) is 0 Å². The van der Waals surface area contributed by atoms with Gasteiger partial charge in [-0.15, -0.1) is 0 Å². The van der Waals surface area contributed by atoms with Crippen LogP contribution in [0.25, 0.3) is 6.08 Å². The SMILES string of the molecule is Nc1ccc(C(=O)C=Cc2ccco2)cc1. The van der Waals surface area contributed by atoms with Gasteiger partial charge in [-0.1, -0.05) is 0 Å². The summed E-state index contributed by atoms with van der Waals surface area (Å²) < 4.78 is 5.08. The summed E-state index contributed by atoms with van der Waals surface area (Å²) in [5.41, 5.74) is 6.79. The molecule has 1 aromatic heterocycles. The minimum Gasteiger partial charge on any atom is -0.465 e. The van der Waals surface area contributed by atoms with Crippen molar-refractivity contribution in [3.63, 3.8) is 0 Å². The molecule has 0 aliphatic carbocycles. The van der Waals surface area contributed by atoms with Crippen molar-refractivity contribution in [3.8, 4) is 0 Å². The second-order valence-corrected chi connectivity index (χ2v) is 3.34. The molecular weight excluding hydrogens is 202 g/mol. The van der Waals surface area contributed by atoms with Gasteiger partial charge in [0.15, 0.2) is 5.78 Å². The van der Waals surface area contributed by atoms with E-state index < -0.39 is 0 Å². The molecule has 0 unspecified atom stereocenters. The lowest BCUT2D eigenvalue weighted by Gasteiger charge is -1.96. The zero-order chi connectivity index (χ0) is 11.4. The number of hydrogen-bond acceptors (Lipinski definition) is 3. The van der Waals surface area contributed by atoms with Gasteiger partial charge < -0.3 is 10.2 Å². The van der Waals surface area contributed by atoms with E-state index in [1.165, 1.54) is 6.08 Å². The van der Waals surface area contributed by atoms with Crippen LogP contribution in [0.5, 0.6) is 0 Å². The predicted octanol–water partition coefficient (Wildman–Crippen LogP) is 2.76. The van der Waals surface area contributed by atoms with Gasteiger partial charge in [-0.25, -0.2) is 0 Å². The van der Waals surface area contributed by atoms with Crippen LogP contribution >= 0.6 is 0 Å². The van der Waals surface area contributed by atoms with Crippen molar-refractivity contribution in [1.82, 2.24) is 0 Å². The summed E-state index contributed by atoms with van der Waals surface area (Å²) in [5, 5.41) is 0. The third-order valence-electron chi connectivity index (χ3n) is 2.14. The van der Waals surface area contributed by atoms with Crippen LogP contribution in [-0.2, 0) is 0 Å². The Bertz CT molecular complexity index is 495. The van der Waals surface area contributed by atoms with E-state index in [2.05, 4.69) is 0 Å². The summed E-state index contributed by atoms with van der Waals surface area (Å²) in [6.45, 7) is 0. The van der Waals surface area contributed by atoms with Crippen LogP contribution in [0, 0.1) is 0 Å². The first kappa shape index (κ1) is 10.2. The molecule has 1 aromatic carbocycles. The van der Waals surface area contributed by atoms with Crippen LogP contribution in [0.2, 0.25) is 0 Å². The predicted molar refractivity (Wildman–Crippen MR) is 62.9 cm³/mol. The number of carbonyl (C=O) groups excluding carboxylic acids is 1. The lowest BCUT2D eigenvalue weighted by atomic mass is 10.1. The number of anilines is 1. The van der Waals surface area contributed by atoms with E-state index in [0.29, 0.717) is 17.0 Å². The number of nitrogens with two attached hydrogens (primary N) is 1. The van der Waals surface area contributed by atoms with Crippen LogP contribution in [0.4, 0.5) is 5.69 Å². The van der Waals surface area contributed by atoms with Crippen molar-refractivity contribution < 1.29 is 9.21 Å². The molecule has 16 heavy (non-hydrogen) atoms. The maximum atomic E-state index is 11.7. The second kappa shape index (κ2) is 4.49. The molecule has 0 aliphatic rings. The van der Waals surface area contributed by atoms with Crippen LogP contribution in [0.3, 0.4) is 0 Å².